The zero-order valence-corrected chi connectivity index (χ0v) is 13.8. The molecule has 0 saturated carbocycles. The van der Waals surface area contributed by atoms with Gasteiger partial charge in [0.25, 0.3) is 5.24 Å². The normalized spacial score (nSPS) is 19.5. The minimum Gasteiger partial charge on any atom is -0.709 e. The molecule has 1 saturated heterocycles. The number of nitrogens with zero attached hydrogens (tertiary/aromatic N) is 1. The van der Waals surface area contributed by atoms with Gasteiger partial charge in [-0.3, -0.25) is 4.79 Å². The molecular formula is C6H7NNa2O3S2. The van der Waals surface area contributed by atoms with Crippen molar-refractivity contribution in [3.05, 3.63) is 0 Å². The van der Waals surface area contributed by atoms with Crippen LogP contribution in [0.5, 0.6) is 0 Å². The molecule has 0 spiro atoms. The van der Waals surface area contributed by atoms with E-state index in [0.29, 0.717) is 30.2 Å². The summed E-state index contributed by atoms with van der Waals surface area (Å²) in [7, 11) is 0.622. The molecule has 1 rings (SSSR count). The van der Waals surface area contributed by atoms with Crippen molar-refractivity contribution in [2.75, 3.05) is 6.54 Å². The first-order valence-corrected chi connectivity index (χ1v) is 5.22. The molecule has 1 heterocycles. The number of carboxylic acids is 1. The molecule has 0 aromatic rings. The molecule has 8 heteroatoms. The van der Waals surface area contributed by atoms with Crippen LogP contribution >= 0.6 is 10.8 Å². The predicted molar refractivity (Wildman–Crippen MR) is 45.1 cm³/mol. The maximum absolute atomic E-state index is 11.0. The Balaban J connectivity index is 0. The van der Waals surface area contributed by atoms with Crippen LogP contribution in [0.1, 0.15) is 12.8 Å². The fourth-order valence-electron chi connectivity index (χ4n) is 1.28. The van der Waals surface area contributed by atoms with Crippen molar-refractivity contribution in [1.29, 1.82) is 0 Å². The third-order valence-electron chi connectivity index (χ3n) is 1.83. The van der Waals surface area contributed by atoms with Gasteiger partial charge >= 0.3 is 59.1 Å². The zero-order chi connectivity index (χ0) is 9.14. The summed E-state index contributed by atoms with van der Waals surface area (Å²) in [6, 6.07) is -0.770. The monoisotopic (exact) mass is 251 g/mol. The zero-order valence-electron chi connectivity index (χ0n) is 8.19. The topological polar surface area (TPSA) is 60.4 Å². The number of hydrogen-bond acceptors (Lipinski definition) is 5. The Morgan fingerprint density at radius 1 is 1.43 bits per heavy atom. The second kappa shape index (κ2) is 8.75. The first-order valence-electron chi connectivity index (χ1n) is 3.48. The van der Waals surface area contributed by atoms with Crippen LogP contribution in [0.2, 0.25) is 0 Å². The minimum atomic E-state index is -1.19. The van der Waals surface area contributed by atoms with Gasteiger partial charge in [-0.25, -0.2) is 10.8 Å². The molecule has 0 aromatic heterocycles. The van der Waals surface area contributed by atoms with Gasteiger partial charge in [-0.05, 0) is 12.8 Å². The molecule has 1 amide bonds. The molecule has 1 aliphatic heterocycles. The van der Waals surface area contributed by atoms with Crippen molar-refractivity contribution in [3.8, 4) is 0 Å². The summed E-state index contributed by atoms with van der Waals surface area (Å²) >= 11 is 4.46. The number of carboxylic acid groups (broad SMARTS) is 1. The largest absolute Gasteiger partial charge is 1.00 e. The van der Waals surface area contributed by atoms with Crippen molar-refractivity contribution in [1.82, 2.24) is 4.90 Å². The van der Waals surface area contributed by atoms with Crippen LogP contribution in [0.3, 0.4) is 0 Å². The number of carbonyl (C=O) groups is 2. The molecule has 14 heavy (non-hydrogen) atoms. The summed E-state index contributed by atoms with van der Waals surface area (Å²) in [5, 5.41) is 10.1. The van der Waals surface area contributed by atoms with Crippen molar-refractivity contribution in [3.63, 3.8) is 0 Å². The number of likely N-dealkylation sites (tertiary alicyclic amines) is 1. The van der Waals surface area contributed by atoms with Crippen molar-refractivity contribution >= 4 is 33.7 Å². The first kappa shape index (κ1) is 18.0. The first-order chi connectivity index (χ1) is 5.66. The van der Waals surface area contributed by atoms with E-state index in [9.17, 15) is 14.7 Å². The second-order valence-corrected chi connectivity index (χ2v) is 3.54. The standard InChI is InChI=1S/C6H9NO3S2.2Na/c8-5(9)4-2-1-3-7(4)6(10)12-11;;/h4,11H,1-3H2,(H,8,9);;/q;2*+1/p-2. The summed E-state index contributed by atoms with van der Waals surface area (Å²) in [6.45, 7) is 0.473. The third-order valence-corrected chi connectivity index (χ3v) is 2.64. The molecule has 0 aliphatic carbocycles. The molecule has 1 aliphatic rings. The Labute approximate surface area is 136 Å². The molecule has 0 radical (unpaired) electrons. The maximum atomic E-state index is 11.0. The van der Waals surface area contributed by atoms with E-state index in [4.69, 9.17) is 0 Å². The second-order valence-electron chi connectivity index (χ2n) is 2.52. The summed E-state index contributed by atoms with van der Waals surface area (Å²) in [4.78, 5) is 22.8. The van der Waals surface area contributed by atoms with Gasteiger partial charge in [-0.1, -0.05) is 0 Å². The summed E-state index contributed by atoms with van der Waals surface area (Å²) in [5.41, 5.74) is 0. The smallest absolute Gasteiger partial charge is 0.709 e. The predicted octanol–water partition coefficient (Wildman–Crippen LogP) is -6.48. The van der Waals surface area contributed by atoms with Gasteiger partial charge in [0.15, 0.2) is 0 Å². The molecule has 68 valence electrons. The quantitative estimate of drug-likeness (QED) is 0.263. The average molecular weight is 251 g/mol. The Morgan fingerprint density at radius 3 is 2.43 bits per heavy atom. The van der Waals surface area contributed by atoms with E-state index in [1.165, 1.54) is 4.90 Å². The number of amides is 1. The van der Waals surface area contributed by atoms with E-state index in [1.807, 2.05) is 0 Å². The van der Waals surface area contributed by atoms with E-state index in [1.54, 1.807) is 0 Å². The van der Waals surface area contributed by atoms with Crippen LogP contribution in [0.4, 0.5) is 4.79 Å². The molecule has 0 N–H and O–H groups in total. The van der Waals surface area contributed by atoms with Crippen LogP contribution < -0.4 is 64.2 Å². The molecule has 0 bridgehead atoms. The van der Waals surface area contributed by atoms with Crippen molar-refractivity contribution in [2.45, 2.75) is 18.9 Å². The van der Waals surface area contributed by atoms with Gasteiger partial charge in [0.05, 0.1) is 12.0 Å². The van der Waals surface area contributed by atoms with Crippen LogP contribution in [0, 0.1) is 0 Å². The van der Waals surface area contributed by atoms with E-state index in [-0.39, 0.29) is 64.4 Å². The molecular weight excluding hydrogens is 244 g/mol. The Kier molecular flexibility index (Phi) is 11.3. The number of aliphatic carboxylic acids is 1. The number of rotatable bonds is 1. The van der Waals surface area contributed by atoms with Crippen LogP contribution in [0.25, 0.3) is 0 Å². The number of hydrogen-bond donors (Lipinski definition) is 0. The summed E-state index contributed by atoms with van der Waals surface area (Å²) < 4.78 is 0. The fraction of sp³-hybridized carbons (Fsp3) is 0.667. The van der Waals surface area contributed by atoms with Crippen molar-refractivity contribution < 1.29 is 73.8 Å². The minimum absolute atomic E-state index is 0. The van der Waals surface area contributed by atoms with Crippen LogP contribution in [-0.4, -0.2) is 28.7 Å². The Morgan fingerprint density at radius 2 is 2.00 bits per heavy atom. The van der Waals surface area contributed by atoms with Crippen molar-refractivity contribution in [2.24, 2.45) is 0 Å². The van der Waals surface area contributed by atoms with Gasteiger partial charge in [-0.15, -0.1) is 0 Å². The van der Waals surface area contributed by atoms with E-state index >= 15 is 0 Å². The third kappa shape index (κ3) is 4.65. The van der Waals surface area contributed by atoms with E-state index in [2.05, 4.69) is 11.7 Å². The maximum Gasteiger partial charge on any atom is 1.00 e. The fourth-order valence-corrected chi connectivity index (χ4v) is 1.88. The van der Waals surface area contributed by atoms with Gasteiger partial charge in [0.1, 0.15) is 0 Å². The summed E-state index contributed by atoms with van der Waals surface area (Å²) in [5.74, 6) is -1.19. The molecule has 1 fully saturated rings. The van der Waals surface area contributed by atoms with Gasteiger partial charge in [0, 0.05) is 6.54 Å². The Bertz CT molecular complexity index is 217. The molecule has 4 nitrogen and oxygen atoms in total. The van der Waals surface area contributed by atoms with Crippen LogP contribution in [0.15, 0.2) is 0 Å². The molecule has 1 atom stereocenters. The molecule has 0 aromatic carbocycles. The van der Waals surface area contributed by atoms with E-state index in [0.717, 1.165) is 0 Å². The molecule has 1 unspecified atom stereocenters. The summed E-state index contributed by atoms with van der Waals surface area (Å²) in [6.07, 6.45) is 1.18. The SMILES string of the molecule is O=C([O-])C1CCCN1C(=O)S[S-].[Na+].[Na+]. The van der Waals surface area contributed by atoms with Gasteiger partial charge < -0.3 is 26.5 Å². The van der Waals surface area contributed by atoms with Gasteiger partial charge in [-0.2, -0.15) is 0 Å². The average Bonchev–Trinajstić information content (AvgIpc) is 2.50. The Hall–Kier alpha value is 1.64. The van der Waals surface area contributed by atoms with Crippen LogP contribution in [-0.2, 0) is 16.5 Å². The van der Waals surface area contributed by atoms with E-state index < -0.39 is 12.0 Å². The van der Waals surface area contributed by atoms with Gasteiger partial charge in [0.2, 0.25) is 0 Å². The number of carbonyl (C=O) groups excluding carboxylic acids is 2.